The molecular weight excluding hydrogens is 371 g/mol. The van der Waals surface area contributed by atoms with Crippen LogP contribution < -0.4 is 4.90 Å². The number of carbonyl (C=O) groups excluding carboxylic acids is 2. The molecule has 0 spiro atoms. The summed E-state index contributed by atoms with van der Waals surface area (Å²) in [4.78, 5) is 28.6. The molecular formula is C20H20ClFN2O3. The largest absolute Gasteiger partial charge is 0.449 e. The Balaban J connectivity index is 1.56. The molecule has 1 heterocycles. The first-order valence-corrected chi connectivity index (χ1v) is 9.08. The fraction of sp³-hybridized carbons (Fsp3) is 0.300. The number of hydrogen-bond donors (Lipinski definition) is 0. The predicted octanol–water partition coefficient (Wildman–Crippen LogP) is 3.37. The van der Waals surface area contributed by atoms with Crippen molar-refractivity contribution in [1.29, 1.82) is 0 Å². The van der Waals surface area contributed by atoms with E-state index in [4.69, 9.17) is 16.3 Å². The molecule has 1 atom stereocenters. The summed E-state index contributed by atoms with van der Waals surface area (Å²) < 4.78 is 18.9. The molecule has 5 nitrogen and oxygen atoms in total. The van der Waals surface area contributed by atoms with Crippen LogP contribution in [0.5, 0.6) is 0 Å². The Labute approximate surface area is 162 Å². The minimum Gasteiger partial charge on any atom is -0.449 e. The second-order valence-electron chi connectivity index (χ2n) is 6.32. The number of benzene rings is 2. The van der Waals surface area contributed by atoms with Gasteiger partial charge in [-0.1, -0.05) is 29.8 Å². The van der Waals surface area contributed by atoms with Gasteiger partial charge in [0, 0.05) is 36.9 Å². The standard InChI is InChI=1S/C20H20ClFN2O3/c1-14(27-20(26)17-13-15(21)7-8-18(17)22)19(25)24-11-9-23(10-12-24)16-5-3-2-4-6-16/h2-8,13-14H,9-12H2,1H3/t14-/m0/s1. The Bertz CT molecular complexity index is 823. The first-order chi connectivity index (χ1) is 13.0. The fourth-order valence-electron chi connectivity index (χ4n) is 3.01. The maximum atomic E-state index is 13.8. The number of nitrogens with zero attached hydrogens (tertiary/aromatic N) is 2. The van der Waals surface area contributed by atoms with Gasteiger partial charge in [-0.25, -0.2) is 9.18 Å². The first-order valence-electron chi connectivity index (χ1n) is 8.70. The lowest BCUT2D eigenvalue weighted by molar-refractivity contribution is -0.140. The van der Waals surface area contributed by atoms with Crippen LogP contribution in [0.2, 0.25) is 5.02 Å². The van der Waals surface area contributed by atoms with Gasteiger partial charge < -0.3 is 14.5 Å². The van der Waals surface area contributed by atoms with E-state index in [-0.39, 0.29) is 16.5 Å². The number of piperazine rings is 1. The lowest BCUT2D eigenvalue weighted by Gasteiger charge is -2.37. The number of hydrogen-bond acceptors (Lipinski definition) is 4. The third-order valence-electron chi connectivity index (χ3n) is 4.49. The van der Waals surface area contributed by atoms with Crippen LogP contribution in [0, 0.1) is 5.82 Å². The highest BCUT2D eigenvalue weighted by molar-refractivity contribution is 6.30. The minimum absolute atomic E-state index is 0.222. The molecule has 0 saturated carbocycles. The van der Waals surface area contributed by atoms with Crippen molar-refractivity contribution in [3.63, 3.8) is 0 Å². The average molecular weight is 391 g/mol. The Morgan fingerprint density at radius 1 is 1.07 bits per heavy atom. The van der Waals surface area contributed by atoms with Crippen molar-refractivity contribution in [2.45, 2.75) is 13.0 Å². The van der Waals surface area contributed by atoms with Gasteiger partial charge in [-0.05, 0) is 37.3 Å². The smallest absolute Gasteiger partial charge is 0.341 e. The van der Waals surface area contributed by atoms with Crippen LogP contribution in [0.4, 0.5) is 10.1 Å². The summed E-state index contributed by atoms with van der Waals surface area (Å²) in [5.74, 6) is -1.93. The van der Waals surface area contributed by atoms with Crippen molar-refractivity contribution in [1.82, 2.24) is 4.90 Å². The van der Waals surface area contributed by atoms with E-state index in [9.17, 15) is 14.0 Å². The number of halogens is 2. The Hall–Kier alpha value is -2.60. The number of para-hydroxylation sites is 1. The van der Waals surface area contributed by atoms with Gasteiger partial charge in [-0.2, -0.15) is 0 Å². The highest BCUT2D eigenvalue weighted by Gasteiger charge is 2.28. The Kier molecular flexibility index (Phi) is 5.96. The summed E-state index contributed by atoms with van der Waals surface area (Å²) in [5, 5.41) is 0.222. The fourth-order valence-corrected chi connectivity index (χ4v) is 3.18. The molecule has 27 heavy (non-hydrogen) atoms. The van der Waals surface area contributed by atoms with Crippen LogP contribution in [0.15, 0.2) is 48.5 Å². The molecule has 0 aliphatic carbocycles. The number of esters is 1. The predicted molar refractivity (Wildman–Crippen MR) is 102 cm³/mol. The molecule has 0 radical (unpaired) electrons. The summed E-state index contributed by atoms with van der Waals surface area (Å²) >= 11 is 5.79. The summed E-state index contributed by atoms with van der Waals surface area (Å²) in [5.41, 5.74) is 0.830. The summed E-state index contributed by atoms with van der Waals surface area (Å²) in [6, 6.07) is 13.6. The van der Waals surface area contributed by atoms with Crippen LogP contribution in [-0.4, -0.2) is 49.1 Å². The quantitative estimate of drug-likeness (QED) is 0.751. The van der Waals surface area contributed by atoms with Crippen molar-refractivity contribution in [3.05, 3.63) is 64.9 Å². The Morgan fingerprint density at radius 3 is 2.41 bits per heavy atom. The third kappa shape index (κ3) is 4.57. The molecule has 142 valence electrons. The van der Waals surface area contributed by atoms with Gasteiger partial charge in [0.2, 0.25) is 0 Å². The van der Waals surface area contributed by atoms with E-state index in [2.05, 4.69) is 4.90 Å². The normalized spacial score (nSPS) is 15.4. The molecule has 0 bridgehead atoms. The van der Waals surface area contributed by atoms with Crippen LogP contribution in [0.25, 0.3) is 0 Å². The van der Waals surface area contributed by atoms with E-state index in [0.29, 0.717) is 26.2 Å². The molecule has 1 aliphatic heterocycles. The topological polar surface area (TPSA) is 49.9 Å². The van der Waals surface area contributed by atoms with Gasteiger partial charge in [0.25, 0.3) is 5.91 Å². The van der Waals surface area contributed by atoms with Gasteiger partial charge in [0.15, 0.2) is 6.10 Å². The Morgan fingerprint density at radius 2 is 1.74 bits per heavy atom. The maximum absolute atomic E-state index is 13.8. The van der Waals surface area contributed by atoms with E-state index >= 15 is 0 Å². The van der Waals surface area contributed by atoms with Crippen molar-refractivity contribution in [2.24, 2.45) is 0 Å². The van der Waals surface area contributed by atoms with E-state index < -0.39 is 17.9 Å². The third-order valence-corrected chi connectivity index (χ3v) is 4.73. The molecule has 2 aromatic carbocycles. The zero-order valence-electron chi connectivity index (χ0n) is 14.9. The number of ether oxygens (including phenoxy) is 1. The highest BCUT2D eigenvalue weighted by Crippen LogP contribution is 2.18. The summed E-state index contributed by atoms with van der Waals surface area (Å²) in [6.45, 7) is 3.94. The van der Waals surface area contributed by atoms with Gasteiger partial charge in [-0.3, -0.25) is 4.79 Å². The number of carbonyl (C=O) groups is 2. The molecule has 1 aliphatic rings. The number of anilines is 1. The second-order valence-corrected chi connectivity index (χ2v) is 6.76. The molecule has 0 aromatic heterocycles. The van der Waals surface area contributed by atoms with Gasteiger partial charge in [0.05, 0.1) is 5.56 Å². The lowest BCUT2D eigenvalue weighted by atomic mass is 10.2. The van der Waals surface area contributed by atoms with Crippen LogP contribution >= 0.6 is 11.6 Å². The monoisotopic (exact) mass is 390 g/mol. The van der Waals surface area contributed by atoms with Gasteiger partial charge in [0.1, 0.15) is 5.82 Å². The zero-order chi connectivity index (χ0) is 19.4. The van der Waals surface area contributed by atoms with E-state index in [1.54, 1.807) is 4.90 Å². The lowest BCUT2D eigenvalue weighted by Crippen LogP contribution is -2.51. The first kappa shape index (κ1) is 19.2. The maximum Gasteiger partial charge on any atom is 0.341 e. The molecule has 7 heteroatoms. The number of amides is 1. The van der Waals surface area contributed by atoms with Crippen molar-refractivity contribution < 1.29 is 18.7 Å². The molecule has 1 saturated heterocycles. The van der Waals surface area contributed by atoms with Crippen molar-refractivity contribution in [3.8, 4) is 0 Å². The molecule has 1 amide bonds. The summed E-state index contributed by atoms with van der Waals surface area (Å²) in [7, 11) is 0. The van der Waals surface area contributed by atoms with Crippen molar-refractivity contribution >= 4 is 29.2 Å². The molecule has 1 fully saturated rings. The number of rotatable bonds is 4. The second kappa shape index (κ2) is 8.39. The molecule has 0 N–H and O–H groups in total. The SMILES string of the molecule is C[C@H](OC(=O)c1cc(Cl)ccc1F)C(=O)N1CCN(c2ccccc2)CC1. The average Bonchev–Trinajstić information content (AvgIpc) is 2.70. The molecule has 0 unspecified atom stereocenters. The highest BCUT2D eigenvalue weighted by atomic mass is 35.5. The zero-order valence-corrected chi connectivity index (χ0v) is 15.7. The van der Waals surface area contributed by atoms with Crippen LogP contribution in [-0.2, 0) is 9.53 Å². The van der Waals surface area contributed by atoms with Crippen molar-refractivity contribution in [2.75, 3.05) is 31.1 Å². The molecule has 3 rings (SSSR count). The summed E-state index contributed by atoms with van der Waals surface area (Å²) in [6.07, 6.45) is -1.00. The van der Waals surface area contributed by atoms with E-state index in [1.807, 2.05) is 30.3 Å². The van der Waals surface area contributed by atoms with Gasteiger partial charge in [-0.15, -0.1) is 0 Å². The van der Waals surface area contributed by atoms with E-state index in [1.165, 1.54) is 19.1 Å². The van der Waals surface area contributed by atoms with Crippen LogP contribution in [0.1, 0.15) is 17.3 Å². The van der Waals surface area contributed by atoms with E-state index in [0.717, 1.165) is 11.8 Å². The molecule has 2 aromatic rings. The van der Waals surface area contributed by atoms with Crippen LogP contribution in [0.3, 0.4) is 0 Å². The minimum atomic E-state index is -1.00. The van der Waals surface area contributed by atoms with Gasteiger partial charge >= 0.3 is 5.97 Å².